The molecule has 9 heteroatoms. The fourth-order valence-corrected chi connectivity index (χ4v) is 3.29. The van der Waals surface area contributed by atoms with Gasteiger partial charge in [0.15, 0.2) is 5.69 Å². The second kappa shape index (κ2) is 8.12. The highest BCUT2D eigenvalue weighted by atomic mass is 16.5. The van der Waals surface area contributed by atoms with Crippen molar-refractivity contribution in [2.24, 2.45) is 0 Å². The van der Waals surface area contributed by atoms with Crippen LogP contribution in [0.4, 0.5) is 4.79 Å². The lowest BCUT2D eigenvalue weighted by atomic mass is 9.96. The number of hydrogen-bond acceptors (Lipinski definition) is 7. The van der Waals surface area contributed by atoms with Crippen LogP contribution in [0.15, 0.2) is 35.1 Å². The molecule has 0 unspecified atom stereocenters. The number of nitrogens with zero attached hydrogens (tertiary/aromatic N) is 1. The number of aromatic amines is 1. The fourth-order valence-electron chi connectivity index (χ4n) is 3.29. The number of rotatable bonds is 5. The molecule has 1 saturated carbocycles. The van der Waals surface area contributed by atoms with Crippen LogP contribution in [0.1, 0.15) is 47.6 Å². The molecule has 1 aliphatic carbocycles. The molecule has 0 saturated heterocycles. The van der Waals surface area contributed by atoms with Gasteiger partial charge in [0.2, 0.25) is 5.75 Å². The van der Waals surface area contributed by atoms with Crippen LogP contribution in [0, 0.1) is 0 Å². The van der Waals surface area contributed by atoms with Crippen molar-refractivity contribution in [2.45, 2.75) is 37.8 Å². The van der Waals surface area contributed by atoms with Gasteiger partial charge in [-0.05, 0) is 18.4 Å². The molecule has 1 fully saturated rings. The first-order valence-corrected chi connectivity index (χ1v) is 8.86. The van der Waals surface area contributed by atoms with Gasteiger partial charge >= 0.3 is 12.1 Å². The van der Waals surface area contributed by atoms with Crippen molar-refractivity contribution in [3.63, 3.8) is 0 Å². The topological polar surface area (TPSA) is 131 Å². The number of aromatic nitrogens is 2. The van der Waals surface area contributed by atoms with Gasteiger partial charge in [0.05, 0.1) is 7.11 Å². The number of methoxy groups -OCH3 is 1. The number of carbonyl (C=O) groups excluding carboxylic acids is 2. The summed E-state index contributed by atoms with van der Waals surface area (Å²) in [5, 5.41) is 12.6. The third-order valence-electron chi connectivity index (χ3n) is 4.74. The Kier molecular flexibility index (Phi) is 5.62. The number of H-pyrrole nitrogens is 1. The Bertz CT molecular complexity index is 919. The monoisotopic (exact) mass is 387 g/mol. The van der Waals surface area contributed by atoms with E-state index in [0.717, 1.165) is 25.5 Å². The summed E-state index contributed by atoms with van der Waals surface area (Å²) in [6.07, 6.45) is 1.92. The van der Waals surface area contributed by atoms with E-state index in [4.69, 9.17) is 4.74 Å². The minimum absolute atomic E-state index is 0.0878. The molecule has 0 bridgehead atoms. The summed E-state index contributed by atoms with van der Waals surface area (Å²) < 4.78 is 9.84. The number of alkyl carbamates (subject to hydrolysis) is 1. The highest BCUT2D eigenvalue weighted by Gasteiger charge is 2.41. The smallest absolute Gasteiger partial charge is 0.408 e. The van der Waals surface area contributed by atoms with Gasteiger partial charge in [0.25, 0.3) is 5.56 Å². The maximum atomic E-state index is 12.4. The quantitative estimate of drug-likeness (QED) is 0.668. The van der Waals surface area contributed by atoms with Crippen molar-refractivity contribution in [1.82, 2.24) is 15.3 Å². The Balaban J connectivity index is 1.84. The lowest BCUT2D eigenvalue weighted by Crippen LogP contribution is -2.46. The minimum Gasteiger partial charge on any atom is -0.501 e. The summed E-state index contributed by atoms with van der Waals surface area (Å²) in [5.41, 5.74) is -1.53. The van der Waals surface area contributed by atoms with Gasteiger partial charge in [0.1, 0.15) is 18.0 Å². The molecular formula is C19H21N3O6. The molecule has 1 aromatic heterocycles. The summed E-state index contributed by atoms with van der Waals surface area (Å²) in [7, 11) is 1.12. The number of benzene rings is 1. The number of amides is 1. The molecule has 2 aromatic rings. The standard InChI is InChI=1S/C19H21N3O6/c1-27-16(25)13-14(23)15(24)21-17(20-13)19(9-5-6-10-19)22-18(26)28-11-12-7-3-2-4-8-12/h2-4,7-8,23H,5-6,9-11H2,1H3,(H,22,26)(H,20,21,24). The third-order valence-corrected chi connectivity index (χ3v) is 4.74. The van der Waals surface area contributed by atoms with E-state index >= 15 is 0 Å². The van der Waals surface area contributed by atoms with Gasteiger partial charge in [-0.2, -0.15) is 0 Å². The molecular weight excluding hydrogens is 366 g/mol. The molecule has 148 valence electrons. The zero-order chi connectivity index (χ0) is 20.1. The Morgan fingerprint density at radius 3 is 2.57 bits per heavy atom. The van der Waals surface area contributed by atoms with Crippen molar-refractivity contribution < 1.29 is 24.2 Å². The second-order valence-electron chi connectivity index (χ2n) is 6.58. The van der Waals surface area contributed by atoms with Crippen molar-refractivity contribution in [3.05, 3.63) is 57.8 Å². The van der Waals surface area contributed by atoms with Crippen LogP contribution in [-0.4, -0.2) is 34.2 Å². The third kappa shape index (κ3) is 3.98. The summed E-state index contributed by atoms with van der Waals surface area (Å²) in [5.74, 6) is -1.68. The zero-order valence-corrected chi connectivity index (χ0v) is 15.4. The fraction of sp³-hybridized carbons (Fsp3) is 0.368. The predicted octanol–water partition coefficient (Wildman–Crippen LogP) is 1.96. The number of nitrogens with one attached hydrogen (secondary N) is 2. The van der Waals surface area contributed by atoms with Gasteiger partial charge in [-0.3, -0.25) is 4.79 Å². The number of aromatic hydroxyl groups is 1. The molecule has 1 aliphatic rings. The predicted molar refractivity (Wildman–Crippen MR) is 97.8 cm³/mol. The van der Waals surface area contributed by atoms with Crippen molar-refractivity contribution >= 4 is 12.1 Å². The highest BCUT2D eigenvalue weighted by molar-refractivity contribution is 5.89. The normalized spacial score (nSPS) is 15.0. The molecule has 28 heavy (non-hydrogen) atoms. The number of carbonyl (C=O) groups is 2. The first-order chi connectivity index (χ1) is 13.4. The van der Waals surface area contributed by atoms with Gasteiger partial charge in [-0.15, -0.1) is 0 Å². The first kappa shape index (κ1) is 19.4. The van der Waals surface area contributed by atoms with Crippen molar-refractivity contribution in [1.29, 1.82) is 0 Å². The van der Waals surface area contributed by atoms with Crippen LogP contribution < -0.4 is 10.9 Å². The largest absolute Gasteiger partial charge is 0.501 e. The first-order valence-electron chi connectivity index (χ1n) is 8.86. The average molecular weight is 387 g/mol. The average Bonchev–Trinajstić information content (AvgIpc) is 3.18. The minimum atomic E-state index is -0.997. The van der Waals surface area contributed by atoms with Crippen molar-refractivity contribution in [2.75, 3.05) is 7.11 Å². The molecule has 0 spiro atoms. The summed E-state index contributed by atoms with van der Waals surface area (Å²) in [4.78, 5) is 42.8. The van der Waals surface area contributed by atoms with Gasteiger partial charge in [-0.25, -0.2) is 14.6 Å². The lowest BCUT2D eigenvalue weighted by molar-refractivity contribution is 0.0588. The Hall–Kier alpha value is -3.36. The maximum Gasteiger partial charge on any atom is 0.408 e. The van der Waals surface area contributed by atoms with Crippen LogP contribution in [0.3, 0.4) is 0 Å². The molecule has 3 rings (SSSR count). The molecule has 1 heterocycles. The van der Waals surface area contributed by atoms with Gasteiger partial charge in [-0.1, -0.05) is 43.2 Å². The zero-order valence-electron chi connectivity index (χ0n) is 15.4. The molecule has 1 aromatic carbocycles. The molecule has 0 radical (unpaired) electrons. The molecule has 9 nitrogen and oxygen atoms in total. The SMILES string of the molecule is COC(=O)c1nc(C2(NC(=O)OCc3ccccc3)CCCC2)[nH]c(=O)c1O. The second-order valence-corrected chi connectivity index (χ2v) is 6.58. The summed E-state index contributed by atoms with van der Waals surface area (Å²) in [6.45, 7) is 0.0929. The van der Waals surface area contributed by atoms with E-state index < -0.39 is 34.6 Å². The van der Waals surface area contributed by atoms with E-state index in [1.807, 2.05) is 30.3 Å². The van der Waals surface area contributed by atoms with Crippen LogP contribution >= 0.6 is 0 Å². The van der Waals surface area contributed by atoms with E-state index in [1.54, 1.807) is 0 Å². The molecule has 3 N–H and O–H groups in total. The Labute approximate surface area is 160 Å². The Morgan fingerprint density at radius 1 is 1.25 bits per heavy atom. The van der Waals surface area contributed by atoms with Crippen molar-refractivity contribution in [3.8, 4) is 5.75 Å². The van der Waals surface area contributed by atoms with E-state index in [-0.39, 0.29) is 12.4 Å². The van der Waals surface area contributed by atoms with Crippen LogP contribution in [0.2, 0.25) is 0 Å². The summed E-state index contributed by atoms with van der Waals surface area (Å²) in [6, 6.07) is 9.21. The van der Waals surface area contributed by atoms with Crippen LogP contribution in [-0.2, 0) is 21.6 Å². The van der Waals surface area contributed by atoms with E-state index in [0.29, 0.717) is 12.8 Å². The van der Waals surface area contributed by atoms with E-state index in [1.165, 1.54) is 0 Å². The molecule has 0 aliphatic heterocycles. The molecule has 1 amide bonds. The highest BCUT2D eigenvalue weighted by Crippen LogP contribution is 2.37. The van der Waals surface area contributed by atoms with Gasteiger partial charge in [0, 0.05) is 0 Å². The van der Waals surface area contributed by atoms with E-state index in [2.05, 4.69) is 20.0 Å². The van der Waals surface area contributed by atoms with E-state index in [9.17, 15) is 19.5 Å². The Morgan fingerprint density at radius 2 is 1.93 bits per heavy atom. The lowest BCUT2D eigenvalue weighted by Gasteiger charge is -2.29. The summed E-state index contributed by atoms with van der Waals surface area (Å²) >= 11 is 0. The van der Waals surface area contributed by atoms with Crippen LogP contribution in [0.5, 0.6) is 5.75 Å². The van der Waals surface area contributed by atoms with Crippen LogP contribution in [0.25, 0.3) is 0 Å². The maximum absolute atomic E-state index is 12.4. The number of ether oxygens (including phenoxy) is 2. The van der Waals surface area contributed by atoms with Gasteiger partial charge < -0.3 is 24.9 Å². The molecule has 0 atom stereocenters. The number of hydrogen-bond donors (Lipinski definition) is 3. The number of esters is 1.